The van der Waals surface area contributed by atoms with Crippen molar-refractivity contribution in [3.8, 4) is 17.2 Å². The molecule has 0 saturated heterocycles. The van der Waals surface area contributed by atoms with Gasteiger partial charge < -0.3 is 9.47 Å². The lowest BCUT2D eigenvalue weighted by atomic mass is 9.70. The molecule has 0 spiro atoms. The quantitative estimate of drug-likeness (QED) is 0.190. The highest BCUT2D eigenvalue weighted by molar-refractivity contribution is 6.11. The van der Waals surface area contributed by atoms with Crippen molar-refractivity contribution < 1.29 is 9.47 Å². The van der Waals surface area contributed by atoms with Crippen LogP contribution in [0.5, 0.6) is 11.5 Å². The number of para-hydroxylation sites is 1. The van der Waals surface area contributed by atoms with Crippen LogP contribution in [-0.2, 0) is 21.1 Å². The fourth-order valence-corrected chi connectivity index (χ4v) is 9.62. The van der Waals surface area contributed by atoms with E-state index in [1.807, 2.05) is 19.2 Å². The number of fused-ring (bicyclic) bond motifs is 8. The maximum absolute atomic E-state index is 7.01. The minimum atomic E-state index is -0.574. The van der Waals surface area contributed by atoms with Gasteiger partial charge in [0.15, 0.2) is 0 Å². The van der Waals surface area contributed by atoms with Crippen LogP contribution in [0.25, 0.3) is 27.6 Å². The van der Waals surface area contributed by atoms with E-state index >= 15 is 0 Å². The first-order valence-electron chi connectivity index (χ1n) is 17.7. The van der Waals surface area contributed by atoms with Crippen LogP contribution in [0.4, 0.5) is 0 Å². The SMILES string of the molecule is Cc1cc(C)c2c(c1)[C@@]1(C)N=C(c3cc(Oc4cc5c(cc4C)C(C)(C)c4cccc6c7c(C)ccnc7n-5c46)cnc3C)O[C@@]1(C)C2(C)C. The Bertz CT molecular complexity index is 2540. The summed E-state index contributed by atoms with van der Waals surface area (Å²) in [6, 6.07) is 19.9. The summed E-state index contributed by atoms with van der Waals surface area (Å²) < 4.78 is 16.1. The van der Waals surface area contributed by atoms with Gasteiger partial charge in [-0.15, -0.1) is 0 Å². The molecular weight excluding hydrogens is 617 g/mol. The molecule has 2 atom stereocenters. The van der Waals surface area contributed by atoms with Gasteiger partial charge in [-0.05, 0) is 106 Å². The predicted molar refractivity (Wildman–Crippen MR) is 202 cm³/mol. The van der Waals surface area contributed by atoms with Crippen molar-refractivity contribution in [3.05, 3.63) is 123 Å². The first-order valence-corrected chi connectivity index (χ1v) is 17.7. The van der Waals surface area contributed by atoms with Crippen LogP contribution in [0.3, 0.4) is 0 Å². The highest BCUT2D eigenvalue weighted by atomic mass is 16.5. The highest BCUT2D eigenvalue weighted by Crippen LogP contribution is 2.62. The summed E-state index contributed by atoms with van der Waals surface area (Å²) in [5.41, 5.74) is 13.4. The summed E-state index contributed by atoms with van der Waals surface area (Å²) in [5.74, 6) is 2.04. The standard InChI is InChI=1S/C44H44N4O2/c1-23-17-26(4)37-33(18-23)43(10)44(11,42(37,8)9)50-40(47-43)30-20-28(22-46-27(30)5)49-35-21-34-32(19-25(35)3)41(6,7)31-14-12-13-29-36-24(2)15-16-45-39(36)48(34)38(29)31/h12-22H,1-11H3/t43-,44+/m1/s1. The zero-order chi connectivity index (χ0) is 35.3. The number of aryl methyl sites for hydroxylation is 5. The Morgan fingerprint density at radius 3 is 2.32 bits per heavy atom. The third-order valence-electron chi connectivity index (χ3n) is 12.7. The molecule has 3 aromatic carbocycles. The van der Waals surface area contributed by atoms with Gasteiger partial charge in [0.05, 0.1) is 28.7 Å². The van der Waals surface area contributed by atoms with Gasteiger partial charge in [-0.25, -0.2) is 9.98 Å². The predicted octanol–water partition coefficient (Wildman–Crippen LogP) is 10.3. The molecule has 2 aliphatic heterocycles. The summed E-state index contributed by atoms with van der Waals surface area (Å²) in [6.07, 6.45) is 3.71. The largest absolute Gasteiger partial charge is 0.467 e. The van der Waals surface area contributed by atoms with E-state index in [-0.39, 0.29) is 10.8 Å². The fourth-order valence-electron chi connectivity index (χ4n) is 9.62. The zero-order valence-electron chi connectivity index (χ0n) is 31.0. The second-order valence-electron chi connectivity index (χ2n) is 16.3. The third kappa shape index (κ3) is 3.66. The van der Waals surface area contributed by atoms with Gasteiger partial charge in [-0.3, -0.25) is 9.55 Å². The maximum Gasteiger partial charge on any atom is 0.219 e. The molecule has 0 fully saturated rings. The van der Waals surface area contributed by atoms with E-state index in [2.05, 4.69) is 122 Å². The van der Waals surface area contributed by atoms with E-state index in [0.717, 1.165) is 33.9 Å². The molecule has 9 rings (SSSR count). The van der Waals surface area contributed by atoms with Gasteiger partial charge in [0, 0.05) is 33.9 Å². The number of hydrogen-bond donors (Lipinski definition) is 0. The molecule has 5 heterocycles. The lowest BCUT2D eigenvalue weighted by Crippen LogP contribution is -2.51. The van der Waals surface area contributed by atoms with Gasteiger partial charge in [0.25, 0.3) is 0 Å². The fraction of sp³-hybridized carbons (Fsp3) is 0.341. The Balaban J connectivity index is 1.16. The van der Waals surface area contributed by atoms with Crippen molar-refractivity contribution in [2.75, 3.05) is 0 Å². The monoisotopic (exact) mass is 660 g/mol. The highest BCUT2D eigenvalue weighted by Gasteiger charge is 2.68. The molecule has 3 aromatic heterocycles. The number of benzene rings is 3. The summed E-state index contributed by atoms with van der Waals surface area (Å²) in [5, 5.41) is 2.43. The molecular formula is C44H44N4O2. The van der Waals surface area contributed by atoms with Crippen LogP contribution in [0, 0.1) is 34.6 Å². The number of rotatable bonds is 3. The van der Waals surface area contributed by atoms with Crippen molar-refractivity contribution in [1.29, 1.82) is 0 Å². The molecule has 3 aliphatic rings. The molecule has 0 amide bonds. The topological polar surface area (TPSA) is 61.5 Å². The Hall–Kier alpha value is -4.97. The van der Waals surface area contributed by atoms with Crippen LogP contribution in [-0.4, -0.2) is 26.0 Å². The first kappa shape index (κ1) is 31.0. The zero-order valence-corrected chi connectivity index (χ0v) is 31.0. The maximum atomic E-state index is 7.01. The molecule has 50 heavy (non-hydrogen) atoms. The lowest BCUT2D eigenvalue weighted by molar-refractivity contribution is -0.0138. The summed E-state index contributed by atoms with van der Waals surface area (Å²) >= 11 is 0. The first-order chi connectivity index (χ1) is 23.6. The van der Waals surface area contributed by atoms with Crippen LogP contribution in [0.15, 0.2) is 72.0 Å². The van der Waals surface area contributed by atoms with E-state index < -0.39 is 11.1 Å². The van der Waals surface area contributed by atoms with Crippen LogP contribution < -0.4 is 4.74 Å². The van der Waals surface area contributed by atoms with Crippen LogP contribution in [0.2, 0.25) is 0 Å². The minimum Gasteiger partial charge on any atom is -0.467 e. The molecule has 1 aliphatic carbocycles. The average Bonchev–Trinajstić information content (AvgIpc) is 3.58. The summed E-state index contributed by atoms with van der Waals surface area (Å²) in [7, 11) is 0. The second-order valence-corrected chi connectivity index (χ2v) is 16.3. The Morgan fingerprint density at radius 1 is 0.760 bits per heavy atom. The Labute approximate surface area is 294 Å². The number of aliphatic imine (C=N–C) groups is 1. The molecule has 0 N–H and O–H groups in total. The van der Waals surface area contributed by atoms with E-state index in [4.69, 9.17) is 24.4 Å². The summed E-state index contributed by atoms with van der Waals surface area (Å²) in [4.78, 5) is 15.1. The number of nitrogens with zero attached hydrogens (tertiary/aromatic N) is 4. The number of aromatic nitrogens is 3. The Morgan fingerprint density at radius 2 is 1.54 bits per heavy atom. The summed E-state index contributed by atoms with van der Waals surface area (Å²) in [6.45, 7) is 24.3. The van der Waals surface area contributed by atoms with Crippen molar-refractivity contribution in [2.45, 2.75) is 98.1 Å². The van der Waals surface area contributed by atoms with Crippen molar-refractivity contribution in [1.82, 2.24) is 14.5 Å². The molecule has 0 radical (unpaired) electrons. The third-order valence-corrected chi connectivity index (χ3v) is 12.7. The smallest absolute Gasteiger partial charge is 0.219 e. The van der Waals surface area contributed by atoms with E-state index in [9.17, 15) is 0 Å². The van der Waals surface area contributed by atoms with Gasteiger partial charge in [0.2, 0.25) is 5.90 Å². The van der Waals surface area contributed by atoms with Gasteiger partial charge >= 0.3 is 0 Å². The molecule has 252 valence electrons. The average molecular weight is 661 g/mol. The second kappa shape index (κ2) is 9.63. The van der Waals surface area contributed by atoms with E-state index in [0.29, 0.717) is 11.6 Å². The van der Waals surface area contributed by atoms with Crippen molar-refractivity contribution >= 4 is 27.8 Å². The van der Waals surface area contributed by atoms with E-state index in [1.54, 1.807) is 6.20 Å². The molecule has 0 bridgehead atoms. The van der Waals surface area contributed by atoms with Crippen LogP contribution in [0.1, 0.15) is 97.3 Å². The van der Waals surface area contributed by atoms with Gasteiger partial charge in [0.1, 0.15) is 28.3 Å². The van der Waals surface area contributed by atoms with Crippen molar-refractivity contribution in [3.63, 3.8) is 0 Å². The number of hydrogen-bond acceptors (Lipinski definition) is 5. The molecule has 6 heteroatoms. The molecule has 0 saturated carbocycles. The van der Waals surface area contributed by atoms with Gasteiger partial charge in [-0.2, -0.15) is 0 Å². The molecule has 6 aromatic rings. The van der Waals surface area contributed by atoms with Crippen molar-refractivity contribution in [2.24, 2.45) is 4.99 Å². The normalized spacial score (nSPS) is 22.3. The number of pyridine rings is 2. The minimum absolute atomic E-state index is 0.208. The molecule has 0 unspecified atom stereocenters. The lowest BCUT2D eigenvalue weighted by Gasteiger charge is -2.41. The van der Waals surface area contributed by atoms with Crippen LogP contribution >= 0.6 is 0 Å². The molecule has 6 nitrogen and oxygen atoms in total. The number of ether oxygens (including phenoxy) is 2. The Kier molecular flexibility index (Phi) is 5.98. The van der Waals surface area contributed by atoms with E-state index in [1.165, 1.54) is 55.2 Å². The van der Waals surface area contributed by atoms with Gasteiger partial charge in [-0.1, -0.05) is 63.6 Å².